The van der Waals surface area contributed by atoms with Crippen LogP contribution in [0, 0.1) is 12.7 Å². The van der Waals surface area contributed by atoms with Gasteiger partial charge in [-0.05, 0) is 37.6 Å². The van der Waals surface area contributed by atoms with Crippen LogP contribution in [0.2, 0.25) is 0 Å². The van der Waals surface area contributed by atoms with E-state index >= 15 is 0 Å². The minimum Gasteiger partial charge on any atom is -0.385 e. The van der Waals surface area contributed by atoms with Crippen LogP contribution in [0.15, 0.2) is 18.2 Å². The normalized spacial score (nSPS) is 10.9. The van der Waals surface area contributed by atoms with Gasteiger partial charge in [0, 0.05) is 24.7 Å². The lowest BCUT2D eigenvalue weighted by Crippen LogP contribution is -2.02. The van der Waals surface area contributed by atoms with Crippen molar-refractivity contribution in [3.05, 3.63) is 35.3 Å². The zero-order chi connectivity index (χ0) is 13.1. The van der Waals surface area contributed by atoms with Crippen molar-refractivity contribution in [3.63, 3.8) is 0 Å². The topological polar surface area (TPSA) is 34.1 Å². The molecule has 0 aliphatic rings. The number of methoxy groups -OCH3 is 1. The molecule has 0 aliphatic heterocycles. The zero-order valence-corrected chi connectivity index (χ0v) is 10.9. The van der Waals surface area contributed by atoms with Crippen molar-refractivity contribution in [2.24, 2.45) is 0 Å². The molecule has 0 amide bonds. The predicted octanol–water partition coefficient (Wildman–Crippen LogP) is 3.26. The maximum Gasteiger partial charge on any atom is 0.124 e. The molecule has 1 aromatic heterocycles. The summed E-state index contributed by atoms with van der Waals surface area (Å²) in [6.07, 6.45) is 0. The number of aromatic nitrogens is 1. The predicted molar refractivity (Wildman–Crippen MR) is 71.3 cm³/mol. The van der Waals surface area contributed by atoms with Gasteiger partial charge in [-0.25, -0.2) is 9.37 Å². The van der Waals surface area contributed by atoms with Crippen LogP contribution in [-0.2, 0) is 11.3 Å². The number of fused-ring (bicyclic) bond motifs is 1. The van der Waals surface area contributed by atoms with Gasteiger partial charge in [0.15, 0.2) is 0 Å². The molecule has 1 N–H and O–H groups in total. The Hall–Kier alpha value is -1.68. The van der Waals surface area contributed by atoms with Crippen molar-refractivity contribution < 1.29 is 9.13 Å². The Morgan fingerprint density at radius 1 is 1.33 bits per heavy atom. The SMILES string of the molecule is CCNc1cc(COC)nc2c(C)cc(F)cc12. The van der Waals surface area contributed by atoms with Crippen LogP contribution in [-0.4, -0.2) is 18.6 Å². The first-order valence-electron chi connectivity index (χ1n) is 5.98. The van der Waals surface area contributed by atoms with E-state index in [4.69, 9.17) is 4.74 Å². The molecule has 0 radical (unpaired) electrons. The minimum atomic E-state index is -0.236. The third-order valence-electron chi connectivity index (χ3n) is 2.78. The van der Waals surface area contributed by atoms with E-state index < -0.39 is 0 Å². The molecule has 3 nitrogen and oxygen atoms in total. The molecule has 96 valence electrons. The molecule has 0 saturated heterocycles. The highest BCUT2D eigenvalue weighted by Crippen LogP contribution is 2.27. The number of rotatable bonds is 4. The average Bonchev–Trinajstić information content (AvgIpc) is 2.31. The summed E-state index contributed by atoms with van der Waals surface area (Å²) < 4.78 is 18.6. The number of halogens is 1. The van der Waals surface area contributed by atoms with Crippen LogP contribution in [0.25, 0.3) is 10.9 Å². The van der Waals surface area contributed by atoms with Crippen LogP contribution in [0.5, 0.6) is 0 Å². The summed E-state index contributed by atoms with van der Waals surface area (Å²) in [5.41, 5.74) is 3.40. The maximum atomic E-state index is 13.5. The van der Waals surface area contributed by atoms with Crippen LogP contribution in [0.1, 0.15) is 18.2 Å². The largest absolute Gasteiger partial charge is 0.385 e. The highest BCUT2D eigenvalue weighted by Gasteiger charge is 2.09. The monoisotopic (exact) mass is 248 g/mol. The molecule has 4 heteroatoms. The number of aryl methyl sites for hydroxylation is 1. The highest BCUT2D eigenvalue weighted by molar-refractivity contribution is 5.93. The molecule has 2 aromatic rings. The summed E-state index contributed by atoms with van der Waals surface area (Å²) in [5, 5.41) is 4.06. The van der Waals surface area contributed by atoms with Crippen molar-refractivity contribution in [2.45, 2.75) is 20.5 Å². The Balaban J connectivity index is 2.68. The number of hydrogen-bond donors (Lipinski definition) is 1. The van der Waals surface area contributed by atoms with Gasteiger partial charge in [0.25, 0.3) is 0 Å². The third kappa shape index (κ3) is 2.43. The molecule has 0 spiro atoms. The number of hydrogen-bond acceptors (Lipinski definition) is 3. The molecular formula is C14H17FN2O. The first kappa shape index (κ1) is 12.8. The van der Waals surface area contributed by atoms with E-state index in [9.17, 15) is 4.39 Å². The van der Waals surface area contributed by atoms with Gasteiger partial charge in [-0.2, -0.15) is 0 Å². The highest BCUT2D eigenvalue weighted by atomic mass is 19.1. The molecular weight excluding hydrogens is 231 g/mol. The van der Waals surface area contributed by atoms with Gasteiger partial charge in [-0.3, -0.25) is 0 Å². The van der Waals surface area contributed by atoms with E-state index in [1.165, 1.54) is 12.1 Å². The van der Waals surface area contributed by atoms with Crippen molar-refractivity contribution in [1.82, 2.24) is 4.98 Å². The molecule has 0 fully saturated rings. The molecule has 0 saturated carbocycles. The Morgan fingerprint density at radius 3 is 2.78 bits per heavy atom. The second kappa shape index (κ2) is 5.31. The number of nitrogens with zero attached hydrogens (tertiary/aromatic N) is 1. The van der Waals surface area contributed by atoms with Crippen LogP contribution in [0.4, 0.5) is 10.1 Å². The smallest absolute Gasteiger partial charge is 0.124 e. The van der Waals surface area contributed by atoms with E-state index in [0.717, 1.165) is 34.4 Å². The molecule has 0 aliphatic carbocycles. The van der Waals surface area contributed by atoms with Gasteiger partial charge in [0.05, 0.1) is 17.8 Å². The molecule has 1 aromatic carbocycles. The van der Waals surface area contributed by atoms with Gasteiger partial charge >= 0.3 is 0 Å². The first-order valence-corrected chi connectivity index (χ1v) is 5.98. The van der Waals surface area contributed by atoms with Crippen LogP contribution in [0.3, 0.4) is 0 Å². The van der Waals surface area contributed by atoms with Gasteiger partial charge in [0.1, 0.15) is 5.82 Å². The zero-order valence-electron chi connectivity index (χ0n) is 10.9. The maximum absolute atomic E-state index is 13.5. The van der Waals surface area contributed by atoms with Crippen molar-refractivity contribution in [3.8, 4) is 0 Å². The quantitative estimate of drug-likeness (QED) is 0.901. The lowest BCUT2D eigenvalue weighted by Gasteiger charge is -2.12. The summed E-state index contributed by atoms with van der Waals surface area (Å²) in [4.78, 5) is 4.52. The average molecular weight is 248 g/mol. The van der Waals surface area contributed by atoms with Crippen LogP contribution < -0.4 is 5.32 Å². The summed E-state index contributed by atoms with van der Waals surface area (Å²) in [5.74, 6) is -0.236. The van der Waals surface area contributed by atoms with Crippen molar-refractivity contribution in [1.29, 1.82) is 0 Å². The van der Waals surface area contributed by atoms with E-state index in [2.05, 4.69) is 10.3 Å². The lowest BCUT2D eigenvalue weighted by molar-refractivity contribution is 0.182. The summed E-state index contributed by atoms with van der Waals surface area (Å²) in [7, 11) is 1.64. The second-order valence-corrected chi connectivity index (χ2v) is 4.24. The Kier molecular flexibility index (Phi) is 3.77. The minimum absolute atomic E-state index is 0.236. The van der Waals surface area contributed by atoms with Gasteiger partial charge in [-0.15, -0.1) is 0 Å². The number of ether oxygens (including phenoxy) is 1. The van der Waals surface area contributed by atoms with Gasteiger partial charge in [0.2, 0.25) is 0 Å². The number of pyridine rings is 1. The summed E-state index contributed by atoms with van der Waals surface area (Å²) in [6.45, 7) is 5.10. The summed E-state index contributed by atoms with van der Waals surface area (Å²) >= 11 is 0. The van der Waals surface area contributed by atoms with Crippen molar-refractivity contribution in [2.75, 3.05) is 19.0 Å². The lowest BCUT2D eigenvalue weighted by atomic mass is 10.1. The fourth-order valence-corrected chi connectivity index (χ4v) is 2.07. The van der Waals surface area contributed by atoms with E-state index in [0.29, 0.717) is 6.61 Å². The van der Waals surface area contributed by atoms with E-state index in [1.54, 1.807) is 7.11 Å². The number of anilines is 1. The van der Waals surface area contributed by atoms with Crippen molar-refractivity contribution >= 4 is 16.6 Å². The van der Waals surface area contributed by atoms with E-state index in [-0.39, 0.29) is 5.82 Å². The summed E-state index contributed by atoms with van der Waals surface area (Å²) in [6, 6.07) is 4.93. The molecule has 0 unspecified atom stereocenters. The second-order valence-electron chi connectivity index (χ2n) is 4.24. The Bertz CT molecular complexity index is 569. The molecule has 0 atom stereocenters. The van der Waals surface area contributed by atoms with Gasteiger partial charge in [-0.1, -0.05) is 0 Å². The number of nitrogens with one attached hydrogen (secondary N) is 1. The fourth-order valence-electron chi connectivity index (χ4n) is 2.07. The molecule has 2 rings (SSSR count). The molecule has 1 heterocycles. The Morgan fingerprint density at radius 2 is 2.11 bits per heavy atom. The first-order chi connectivity index (χ1) is 8.65. The molecule has 0 bridgehead atoms. The standard InChI is InChI=1S/C14H17FN2O/c1-4-16-13-7-11(8-18-3)17-14-9(2)5-10(15)6-12(13)14/h5-7H,4,8H2,1-3H3,(H,16,17). The van der Waals surface area contributed by atoms with E-state index in [1.807, 2.05) is 19.9 Å². The van der Waals surface area contributed by atoms with Crippen LogP contribution >= 0.6 is 0 Å². The fraction of sp³-hybridized carbons (Fsp3) is 0.357. The number of benzene rings is 1. The van der Waals surface area contributed by atoms with Gasteiger partial charge < -0.3 is 10.1 Å². The molecule has 18 heavy (non-hydrogen) atoms. The third-order valence-corrected chi connectivity index (χ3v) is 2.78. The Labute approximate surface area is 106 Å².